The Kier molecular flexibility index (Phi) is 5.39. The third-order valence-electron chi connectivity index (χ3n) is 4.33. The van der Waals surface area contributed by atoms with Crippen molar-refractivity contribution < 1.29 is 4.79 Å². The molecule has 1 N–H and O–H groups in total. The number of nitrogens with one attached hydrogen (secondary N) is 1. The van der Waals surface area contributed by atoms with Gasteiger partial charge in [0, 0.05) is 23.5 Å². The average Bonchev–Trinajstić information content (AvgIpc) is 3.26. The number of hydrogen-bond donors (Lipinski definition) is 1. The fourth-order valence-electron chi connectivity index (χ4n) is 2.87. The van der Waals surface area contributed by atoms with E-state index in [1.807, 2.05) is 18.3 Å². The number of aryl methyl sites for hydroxylation is 2. The molecule has 0 saturated carbocycles. The maximum Gasteiger partial charge on any atom is 0.258 e. The van der Waals surface area contributed by atoms with Gasteiger partial charge in [-0.1, -0.05) is 29.5 Å². The predicted molar refractivity (Wildman–Crippen MR) is 114 cm³/mol. The van der Waals surface area contributed by atoms with Crippen LogP contribution in [0.1, 0.15) is 21.5 Å². The van der Waals surface area contributed by atoms with Gasteiger partial charge in [0.15, 0.2) is 0 Å². The van der Waals surface area contributed by atoms with Crippen LogP contribution >= 0.6 is 11.8 Å². The standard InChI is InChI=1S/C22H19N5OS/c1-15-5-7-19(16(2)12-15)29-22-18(4-3-9-24-22)21(28)26-17-6-8-20(25-13-17)27-11-10-23-14-27/h3-14H,1-2H3,(H,26,28). The van der Waals surface area contributed by atoms with Gasteiger partial charge in [0.2, 0.25) is 0 Å². The number of hydrogen-bond acceptors (Lipinski definition) is 5. The molecule has 0 unspecified atom stereocenters. The van der Waals surface area contributed by atoms with Gasteiger partial charge in [0.1, 0.15) is 17.2 Å². The van der Waals surface area contributed by atoms with Crippen LogP contribution in [0, 0.1) is 13.8 Å². The van der Waals surface area contributed by atoms with Crippen molar-refractivity contribution in [2.24, 2.45) is 0 Å². The van der Waals surface area contributed by atoms with E-state index in [-0.39, 0.29) is 5.91 Å². The molecule has 0 spiro atoms. The SMILES string of the molecule is Cc1ccc(Sc2ncccc2C(=O)Nc2ccc(-n3ccnc3)nc2)c(C)c1. The van der Waals surface area contributed by atoms with Crippen LogP contribution in [-0.4, -0.2) is 25.4 Å². The Bertz CT molecular complexity index is 1140. The first kappa shape index (κ1) is 18.9. The maximum atomic E-state index is 12.9. The first-order chi connectivity index (χ1) is 14.1. The van der Waals surface area contributed by atoms with Crippen molar-refractivity contribution >= 4 is 23.4 Å². The Morgan fingerprint density at radius 3 is 2.69 bits per heavy atom. The van der Waals surface area contributed by atoms with Gasteiger partial charge in [0.05, 0.1) is 17.4 Å². The van der Waals surface area contributed by atoms with Crippen LogP contribution in [0.25, 0.3) is 5.82 Å². The zero-order valence-corrected chi connectivity index (χ0v) is 16.9. The van der Waals surface area contributed by atoms with E-state index >= 15 is 0 Å². The topological polar surface area (TPSA) is 72.7 Å². The molecular weight excluding hydrogens is 382 g/mol. The lowest BCUT2D eigenvalue weighted by Gasteiger charge is -2.11. The predicted octanol–water partition coefficient (Wildman–Crippen LogP) is 4.68. The molecule has 0 aliphatic carbocycles. The molecule has 29 heavy (non-hydrogen) atoms. The Morgan fingerprint density at radius 2 is 1.97 bits per heavy atom. The van der Waals surface area contributed by atoms with E-state index in [1.165, 1.54) is 17.3 Å². The van der Waals surface area contributed by atoms with Gasteiger partial charge in [-0.25, -0.2) is 15.0 Å². The number of nitrogens with zero attached hydrogens (tertiary/aromatic N) is 4. The van der Waals surface area contributed by atoms with E-state index in [0.717, 1.165) is 16.3 Å². The number of rotatable bonds is 5. The lowest BCUT2D eigenvalue weighted by molar-refractivity contribution is 0.102. The third kappa shape index (κ3) is 4.35. The molecule has 0 radical (unpaired) electrons. The minimum atomic E-state index is -0.220. The summed E-state index contributed by atoms with van der Waals surface area (Å²) in [4.78, 5) is 26.7. The van der Waals surface area contributed by atoms with Crippen molar-refractivity contribution in [2.75, 3.05) is 5.32 Å². The van der Waals surface area contributed by atoms with Gasteiger partial charge in [-0.05, 0) is 49.7 Å². The van der Waals surface area contributed by atoms with Gasteiger partial charge in [-0.2, -0.15) is 0 Å². The molecule has 3 heterocycles. The lowest BCUT2D eigenvalue weighted by Crippen LogP contribution is -2.14. The van der Waals surface area contributed by atoms with Crippen LogP contribution in [0.5, 0.6) is 0 Å². The van der Waals surface area contributed by atoms with E-state index in [4.69, 9.17) is 0 Å². The highest BCUT2D eigenvalue weighted by atomic mass is 32.2. The lowest BCUT2D eigenvalue weighted by atomic mass is 10.2. The van der Waals surface area contributed by atoms with Gasteiger partial charge in [-0.15, -0.1) is 0 Å². The Balaban J connectivity index is 1.53. The van der Waals surface area contributed by atoms with E-state index in [1.54, 1.807) is 41.6 Å². The second-order valence-electron chi connectivity index (χ2n) is 6.56. The first-order valence-electron chi connectivity index (χ1n) is 9.06. The van der Waals surface area contributed by atoms with E-state index in [0.29, 0.717) is 16.3 Å². The monoisotopic (exact) mass is 401 g/mol. The van der Waals surface area contributed by atoms with E-state index in [2.05, 4.69) is 52.3 Å². The summed E-state index contributed by atoms with van der Waals surface area (Å²) in [7, 11) is 0. The second-order valence-corrected chi connectivity index (χ2v) is 7.59. The van der Waals surface area contributed by atoms with Crippen molar-refractivity contribution in [1.29, 1.82) is 0 Å². The molecular formula is C22H19N5OS. The van der Waals surface area contributed by atoms with E-state index in [9.17, 15) is 4.79 Å². The van der Waals surface area contributed by atoms with Crippen molar-refractivity contribution in [1.82, 2.24) is 19.5 Å². The average molecular weight is 401 g/mol. The van der Waals surface area contributed by atoms with Gasteiger partial charge in [-0.3, -0.25) is 9.36 Å². The Hall–Kier alpha value is -3.45. The zero-order valence-electron chi connectivity index (χ0n) is 16.0. The normalized spacial score (nSPS) is 10.7. The van der Waals surface area contributed by atoms with Crippen LogP contribution < -0.4 is 5.32 Å². The molecule has 0 aliphatic rings. The molecule has 4 aromatic rings. The molecule has 1 aromatic carbocycles. The first-order valence-corrected chi connectivity index (χ1v) is 9.87. The molecule has 0 bridgehead atoms. The summed E-state index contributed by atoms with van der Waals surface area (Å²) >= 11 is 1.49. The number of carbonyl (C=O) groups excluding carboxylic acids is 1. The minimum Gasteiger partial charge on any atom is -0.321 e. The second kappa shape index (κ2) is 8.28. The van der Waals surface area contributed by atoms with Gasteiger partial charge >= 0.3 is 0 Å². The van der Waals surface area contributed by atoms with Gasteiger partial charge in [0.25, 0.3) is 5.91 Å². The number of amides is 1. The number of imidazole rings is 1. The molecule has 7 heteroatoms. The number of anilines is 1. The van der Waals surface area contributed by atoms with Crippen LogP contribution in [0.15, 0.2) is 83.5 Å². The smallest absolute Gasteiger partial charge is 0.258 e. The zero-order chi connectivity index (χ0) is 20.2. The quantitative estimate of drug-likeness (QED) is 0.525. The van der Waals surface area contributed by atoms with Crippen LogP contribution in [0.3, 0.4) is 0 Å². The van der Waals surface area contributed by atoms with Crippen molar-refractivity contribution in [3.8, 4) is 5.82 Å². The Morgan fingerprint density at radius 1 is 1.07 bits per heavy atom. The molecule has 144 valence electrons. The number of aromatic nitrogens is 4. The fourth-order valence-corrected chi connectivity index (χ4v) is 3.82. The largest absolute Gasteiger partial charge is 0.321 e. The molecule has 0 aliphatic heterocycles. The Labute approximate surface area is 173 Å². The van der Waals surface area contributed by atoms with Gasteiger partial charge < -0.3 is 5.32 Å². The fraction of sp³-hybridized carbons (Fsp3) is 0.0909. The number of pyridine rings is 2. The molecule has 1 amide bonds. The molecule has 0 fully saturated rings. The summed E-state index contributed by atoms with van der Waals surface area (Å²) in [6.45, 7) is 4.12. The maximum absolute atomic E-state index is 12.9. The molecule has 6 nitrogen and oxygen atoms in total. The van der Waals surface area contributed by atoms with Crippen LogP contribution in [0.4, 0.5) is 5.69 Å². The molecule has 3 aromatic heterocycles. The summed E-state index contributed by atoms with van der Waals surface area (Å²) in [5.74, 6) is 0.510. The highest BCUT2D eigenvalue weighted by Crippen LogP contribution is 2.31. The molecule has 0 saturated heterocycles. The summed E-state index contributed by atoms with van der Waals surface area (Å²) in [6, 6.07) is 13.4. The number of carbonyl (C=O) groups is 1. The summed E-state index contributed by atoms with van der Waals surface area (Å²) < 4.78 is 1.80. The van der Waals surface area contributed by atoms with Crippen LogP contribution in [-0.2, 0) is 0 Å². The summed E-state index contributed by atoms with van der Waals surface area (Å²) in [5.41, 5.74) is 3.50. The molecule has 4 rings (SSSR count). The van der Waals surface area contributed by atoms with Crippen molar-refractivity contribution in [3.63, 3.8) is 0 Å². The van der Waals surface area contributed by atoms with Crippen LogP contribution in [0.2, 0.25) is 0 Å². The minimum absolute atomic E-state index is 0.220. The van der Waals surface area contributed by atoms with Crippen molar-refractivity contribution in [2.45, 2.75) is 23.8 Å². The highest BCUT2D eigenvalue weighted by Gasteiger charge is 2.15. The summed E-state index contributed by atoms with van der Waals surface area (Å²) in [6.07, 6.45) is 8.50. The van der Waals surface area contributed by atoms with Crippen molar-refractivity contribution in [3.05, 3.63) is 90.3 Å². The highest BCUT2D eigenvalue weighted by molar-refractivity contribution is 7.99. The summed E-state index contributed by atoms with van der Waals surface area (Å²) in [5, 5.41) is 3.57. The number of benzene rings is 1. The molecule has 0 atom stereocenters. The third-order valence-corrected chi connectivity index (χ3v) is 5.52. The van der Waals surface area contributed by atoms with E-state index < -0.39 is 0 Å².